The number of anilines is 1. The van der Waals surface area contributed by atoms with Crippen LogP contribution in [0.25, 0.3) is 0 Å². The molecule has 1 aromatic carbocycles. The number of ether oxygens (including phenoxy) is 1. The Morgan fingerprint density at radius 1 is 1.18 bits per heavy atom. The maximum absolute atomic E-state index is 12.9. The minimum atomic E-state index is -0.307. The summed E-state index contributed by atoms with van der Waals surface area (Å²) in [6.45, 7) is 9.42. The molecule has 1 aromatic rings. The molecule has 0 bridgehead atoms. The fraction of sp³-hybridized carbons (Fsp3) is 0.571. The summed E-state index contributed by atoms with van der Waals surface area (Å²) in [5.41, 5.74) is 2.27. The number of nitrogens with zero attached hydrogens (tertiary/aromatic N) is 3. The van der Waals surface area contributed by atoms with Gasteiger partial charge in [-0.2, -0.15) is 0 Å². The number of carbonyl (C=O) groups excluding carboxylic acids is 2. The minimum Gasteiger partial charge on any atom is -0.495 e. The van der Waals surface area contributed by atoms with Crippen LogP contribution in [0, 0.1) is 0 Å². The van der Waals surface area contributed by atoms with Gasteiger partial charge in [0, 0.05) is 43.0 Å². The smallest absolute Gasteiger partial charge is 0.252 e. The number of likely N-dealkylation sites (N-methyl/N-ethyl adjacent to an activating group) is 1. The third kappa shape index (κ3) is 6.07. The predicted molar refractivity (Wildman–Crippen MR) is 149 cm³/mol. The first kappa shape index (κ1) is 27.8. The van der Waals surface area contributed by atoms with Crippen molar-refractivity contribution < 1.29 is 14.3 Å². The van der Waals surface area contributed by atoms with Crippen LogP contribution >= 0.6 is 0 Å². The standard InChI is InChI=1S/C28H43N7O3/c1-6-21(7-2)35-16-13-25(36)34(8-3)23-18-29-28(32-26(23)35)31-22-10-9-19(17-24(22)38-5)27(37)30-20-11-14-33(4)15-12-20/h9-10,13,16-17,20-21,28-29,31-32H,6-8,11-12,14-15,18H2,1-5H3,(H,30,37). The molecule has 208 valence electrons. The van der Waals surface area contributed by atoms with Gasteiger partial charge in [-0.05, 0) is 70.9 Å². The first-order valence-electron chi connectivity index (χ1n) is 13.8. The van der Waals surface area contributed by atoms with Crippen molar-refractivity contribution in [3.63, 3.8) is 0 Å². The molecular weight excluding hydrogens is 482 g/mol. The van der Waals surface area contributed by atoms with Crippen LogP contribution in [0.3, 0.4) is 0 Å². The Morgan fingerprint density at radius 2 is 1.92 bits per heavy atom. The van der Waals surface area contributed by atoms with Crippen molar-refractivity contribution in [3.05, 3.63) is 47.6 Å². The van der Waals surface area contributed by atoms with E-state index in [4.69, 9.17) is 4.74 Å². The third-order valence-corrected chi connectivity index (χ3v) is 7.73. The molecule has 0 aromatic heterocycles. The van der Waals surface area contributed by atoms with Crippen LogP contribution in [0.5, 0.6) is 5.75 Å². The molecule has 0 aliphatic carbocycles. The van der Waals surface area contributed by atoms with Gasteiger partial charge in [-0.25, -0.2) is 0 Å². The maximum Gasteiger partial charge on any atom is 0.252 e. The van der Waals surface area contributed by atoms with Crippen molar-refractivity contribution in [2.24, 2.45) is 0 Å². The molecule has 4 rings (SSSR count). The van der Waals surface area contributed by atoms with Crippen molar-refractivity contribution in [2.45, 2.75) is 64.8 Å². The Labute approximate surface area is 226 Å². The Hall–Kier alpha value is -3.24. The highest BCUT2D eigenvalue weighted by atomic mass is 16.5. The number of amides is 2. The van der Waals surface area contributed by atoms with Crippen molar-refractivity contribution in [1.29, 1.82) is 0 Å². The summed E-state index contributed by atoms with van der Waals surface area (Å²) in [4.78, 5) is 32.0. The summed E-state index contributed by atoms with van der Waals surface area (Å²) >= 11 is 0. The molecule has 10 heteroatoms. The molecule has 3 aliphatic heterocycles. The highest BCUT2D eigenvalue weighted by Gasteiger charge is 2.32. The summed E-state index contributed by atoms with van der Waals surface area (Å²) in [7, 11) is 3.72. The van der Waals surface area contributed by atoms with Crippen molar-refractivity contribution in [1.82, 2.24) is 30.7 Å². The predicted octanol–water partition coefficient (Wildman–Crippen LogP) is 2.44. The summed E-state index contributed by atoms with van der Waals surface area (Å²) in [5.74, 6) is 1.42. The van der Waals surface area contributed by atoms with Gasteiger partial charge in [-0.3, -0.25) is 14.9 Å². The van der Waals surface area contributed by atoms with Gasteiger partial charge in [0.2, 0.25) is 0 Å². The largest absolute Gasteiger partial charge is 0.495 e. The van der Waals surface area contributed by atoms with Gasteiger partial charge < -0.3 is 35.4 Å². The first-order valence-corrected chi connectivity index (χ1v) is 13.8. The van der Waals surface area contributed by atoms with E-state index in [1.807, 2.05) is 30.2 Å². The van der Waals surface area contributed by atoms with Gasteiger partial charge >= 0.3 is 0 Å². The molecule has 0 spiro atoms. The zero-order chi connectivity index (χ0) is 27.2. The quantitative estimate of drug-likeness (QED) is 0.390. The minimum absolute atomic E-state index is 0.0146. The summed E-state index contributed by atoms with van der Waals surface area (Å²) in [6, 6.07) is 5.95. The molecule has 1 saturated heterocycles. The number of carbonyl (C=O) groups is 2. The van der Waals surface area contributed by atoms with E-state index in [9.17, 15) is 9.59 Å². The van der Waals surface area contributed by atoms with Gasteiger partial charge in [-0.1, -0.05) is 13.8 Å². The topological polar surface area (TPSA) is 101 Å². The average molecular weight is 526 g/mol. The van der Waals surface area contributed by atoms with E-state index in [0.717, 1.165) is 56.0 Å². The lowest BCUT2D eigenvalue weighted by Crippen LogP contribution is -2.57. The van der Waals surface area contributed by atoms with E-state index >= 15 is 0 Å². The second-order valence-corrected chi connectivity index (χ2v) is 10.1. The van der Waals surface area contributed by atoms with Gasteiger partial charge in [0.05, 0.1) is 18.5 Å². The Kier molecular flexibility index (Phi) is 9.17. The fourth-order valence-corrected chi connectivity index (χ4v) is 5.39. The summed E-state index contributed by atoms with van der Waals surface area (Å²) < 4.78 is 5.66. The number of methoxy groups -OCH3 is 1. The van der Waals surface area contributed by atoms with Crippen LogP contribution in [0.4, 0.5) is 5.69 Å². The highest BCUT2D eigenvalue weighted by Crippen LogP contribution is 2.29. The monoisotopic (exact) mass is 525 g/mol. The molecule has 1 atom stereocenters. The lowest BCUT2D eigenvalue weighted by molar-refractivity contribution is -0.124. The number of hydrogen-bond donors (Lipinski definition) is 4. The maximum atomic E-state index is 12.9. The average Bonchev–Trinajstić information content (AvgIpc) is 3.06. The SMILES string of the molecule is CCC(CC)N1C=CC(=O)N(CC)C2=C1NC(Nc1ccc(C(=O)NC3CCN(C)CC3)cc1OC)NC2. The first-order chi connectivity index (χ1) is 18.4. The second-order valence-electron chi connectivity index (χ2n) is 10.1. The lowest BCUT2D eigenvalue weighted by atomic mass is 10.0. The number of hydrogen-bond acceptors (Lipinski definition) is 8. The normalized spacial score (nSPS) is 20.8. The van der Waals surface area contributed by atoms with Crippen molar-refractivity contribution in [2.75, 3.05) is 45.7 Å². The molecule has 3 aliphatic rings. The van der Waals surface area contributed by atoms with E-state index in [1.54, 1.807) is 19.3 Å². The van der Waals surface area contributed by atoms with E-state index in [2.05, 4.69) is 52.0 Å². The summed E-state index contributed by atoms with van der Waals surface area (Å²) in [6.07, 6.45) is 7.08. The number of piperidine rings is 1. The third-order valence-electron chi connectivity index (χ3n) is 7.73. The van der Waals surface area contributed by atoms with Gasteiger partial charge in [0.15, 0.2) is 6.29 Å². The van der Waals surface area contributed by atoms with E-state index < -0.39 is 0 Å². The fourth-order valence-electron chi connectivity index (χ4n) is 5.39. The van der Waals surface area contributed by atoms with Crippen LogP contribution in [0.1, 0.15) is 56.8 Å². The Bertz CT molecular complexity index is 1060. The number of benzene rings is 1. The molecular formula is C28H43N7O3. The number of nitrogens with one attached hydrogen (secondary N) is 4. The second kappa shape index (κ2) is 12.5. The van der Waals surface area contributed by atoms with Gasteiger partial charge in [-0.15, -0.1) is 0 Å². The van der Waals surface area contributed by atoms with E-state index in [0.29, 0.717) is 24.4 Å². The molecule has 0 saturated carbocycles. The van der Waals surface area contributed by atoms with Crippen molar-refractivity contribution >= 4 is 17.5 Å². The van der Waals surface area contributed by atoms with Crippen LogP contribution < -0.4 is 26.0 Å². The van der Waals surface area contributed by atoms with Gasteiger partial charge in [0.1, 0.15) is 11.6 Å². The zero-order valence-corrected chi connectivity index (χ0v) is 23.3. The highest BCUT2D eigenvalue weighted by molar-refractivity contribution is 5.95. The van der Waals surface area contributed by atoms with E-state index in [1.165, 1.54) is 0 Å². The molecule has 1 unspecified atom stereocenters. The van der Waals surface area contributed by atoms with Crippen molar-refractivity contribution in [3.8, 4) is 5.75 Å². The van der Waals surface area contributed by atoms with Crippen LogP contribution in [-0.4, -0.2) is 85.2 Å². The summed E-state index contributed by atoms with van der Waals surface area (Å²) in [5, 5.41) is 13.7. The van der Waals surface area contributed by atoms with Crippen LogP contribution in [-0.2, 0) is 4.79 Å². The van der Waals surface area contributed by atoms with Crippen LogP contribution in [0.15, 0.2) is 42.0 Å². The zero-order valence-electron chi connectivity index (χ0n) is 23.3. The molecule has 38 heavy (non-hydrogen) atoms. The molecule has 1 fully saturated rings. The molecule has 2 amide bonds. The lowest BCUT2D eigenvalue weighted by Gasteiger charge is -2.40. The molecule has 3 heterocycles. The molecule has 4 N–H and O–H groups in total. The Balaban J connectivity index is 1.50. The molecule has 10 nitrogen and oxygen atoms in total. The Morgan fingerprint density at radius 3 is 2.58 bits per heavy atom. The van der Waals surface area contributed by atoms with Crippen LogP contribution in [0.2, 0.25) is 0 Å². The number of likely N-dealkylation sites (tertiary alicyclic amines) is 1. The number of rotatable bonds is 9. The molecule has 0 radical (unpaired) electrons. The van der Waals surface area contributed by atoms with Gasteiger partial charge in [0.25, 0.3) is 11.8 Å². The van der Waals surface area contributed by atoms with E-state index in [-0.39, 0.29) is 30.2 Å².